The van der Waals surface area contributed by atoms with Crippen molar-refractivity contribution in [2.45, 2.75) is 19.1 Å². The zero-order chi connectivity index (χ0) is 12.8. The van der Waals surface area contributed by atoms with Gasteiger partial charge in [0.15, 0.2) is 9.84 Å². The van der Waals surface area contributed by atoms with Crippen LogP contribution in [-0.4, -0.2) is 24.6 Å². The first kappa shape index (κ1) is 12.3. The molecule has 7 heteroatoms. The van der Waals surface area contributed by atoms with E-state index in [4.69, 9.17) is 5.73 Å². The molecule has 2 heterocycles. The van der Waals surface area contributed by atoms with Crippen molar-refractivity contribution in [2.75, 3.05) is 12.0 Å². The molecule has 2 aromatic heterocycles. The first-order valence-corrected chi connectivity index (χ1v) is 7.78. The summed E-state index contributed by atoms with van der Waals surface area (Å²) < 4.78 is 22.9. The van der Waals surface area contributed by atoms with Crippen molar-refractivity contribution in [2.24, 2.45) is 0 Å². The lowest BCUT2D eigenvalue weighted by Gasteiger charge is -2.08. The van der Waals surface area contributed by atoms with Crippen LogP contribution >= 0.6 is 11.3 Å². The van der Waals surface area contributed by atoms with Gasteiger partial charge in [-0.25, -0.2) is 18.4 Å². The summed E-state index contributed by atoms with van der Waals surface area (Å²) in [5.74, 6) is 0.601. The predicted molar refractivity (Wildman–Crippen MR) is 69.8 cm³/mol. The van der Waals surface area contributed by atoms with Crippen molar-refractivity contribution in [3.8, 4) is 0 Å². The smallest absolute Gasteiger partial charge is 0.157 e. The molecule has 0 bridgehead atoms. The molecular weight excluding hydrogens is 258 g/mol. The van der Waals surface area contributed by atoms with E-state index in [9.17, 15) is 8.42 Å². The van der Waals surface area contributed by atoms with Crippen LogP contribution in [0.2, 0.25) is 0 Å². The lowest BCUT2D eigenvalue weighted by molar-refractivity contribution is 0.589. The minimum absolute atomic E-state index is 0.263. The summed E-state index contributed by atoms with van der Waals surface area (Å²) in [6.07, 6.45) is 1.17. The summed E-state index contributed by atoms with van der Waals surface area (Å²) >= 11 is 1.48. The number of nitrogen functional groups attached to an aromatic ring is 1. The fourth-order valence-electron chi connectivity index (χ4n) is 1.45. The number of anilines is 1. The molecule has 0 amide bonds. The molecule has 2 rings (SSSR count). The minimum Gasteiger partial charge on any atom is -0.383 e. The summed E-state index contributed by atoms with van der Waals surface area (Å²) in [6, 6.07) is 1.91. The Kier molecular flexibility index (Phi) is 2.82. The molecule has 0 fully saturated rings. The van der Waals surface area contributed by atoms with E-state index in [1.807, 2.05) is 13.0 Å². The highest BCUT2D eigenvalue weighted by Crippen LogP contribution is 2.29. The second kappa shape index (κ2) is 3.92. The molecule has 17 heavy (non-hydrogen) atoms. The zero-order valence-electron chi connectivity index (χ0n) is 9.76. The lowest BCUT2D eigenvalue weighted by Crippen LogP contribution is -2.12. The number of fused-ring (bicyclic) bond motifs is 1. The van der Waals surface area contributed by atoms with Gasteiger partial charge < -0.3 is 5.73 Å². The van der Waals surface area contributed by atoms with E-state index in [2.05, 4.69) is 9.97 Å². The Hall–Kier alpha value is -1.21. The number of aryl methyl sites for hydroxylation is 1. The van der Waals surface area contributed by atoms with E-state index in [0.717, 1.165) is 15.1 Å². The fraction of sp³-hybridized carbons (Fsp3) is 0.400. The number of rotatable bonds is 2. The van der Waals surface area contributed by atoms with Crippen molar-refractivity contribution in [3.63, 3.8) is 0 Å². The molecule has 1 atom stereocenters. The molecule has 0 saturated heterocycles. The van der Waals surface area contributed by atoms with E-state index in [1.54, 1.807) is 6.92 Å². The van der Waals surface area contributed by atoms with Gasteiger partial charge >= 0.3 is 0 Å². The van der Waals surface area contributed by atoms with E-state index in [0.29, 0.717) is 5.82 Å². The molecule has 0 aliphatic carbocycles. The second-order valence-electron chi connectivity index (χ2n) is 4.01. The van der Waals surface area contributed by atoms with Crippen LogP contribution < -0.4 is 5.73 Å². The number of thiophene rings is 1. The normalized spacial score (nSPS) is 14.1. The molecule has 0 aliphatic rings. The fourth-order valence-corrected chi connectivity index (χ4v) is 2.84. The van der Waals surface area contributed by atoms with Crippen LogP contribution in [0.3, 0.4) is 0 Å². The maximum absolute atomic E-state index is 11.5. The topological polar surface area (TPSA) is 85.9 Å². The first-order valence-electron chi connectivity index (χ1n) is 5.01. The summed E-state index contributed by atoms with van der Waals surface area (Å²) in [6.45, 7) is 3.52. The molecule has 5 nitrogen and oxygen atoms in total. The molecular formula is C10H13N3O2S2. The van der Waals surface area contributed by atoms with Gasteiger partial charge in [0.2, 0.25) is 0 Å². The van der Waals surface area contributed by atoms with Crippen molar-refractivity contribution in [1.29, 1.82) is 0 Å². The number of aromatic nitrogens is 2. The maximum Gasteiger partial charge on any atom is 0.157 e. The number of nitrogens with zero attached hydrogens (tertiary/aromatic N) is 2. The third kappa shape index (κ3) is 2.25. The average molecular weight is 271 g/mol. The highest BCUT2D eigenvalue weighted by molar-refractivity contribution is 7.90. The van der Waals surface area contributed by atoms with Gasteiger partial charge in [-0.3, -0.25) is 0 Å². The molecule has 0 spiro atoms. The maximum atomic E-state index is 11.5. The Bertz CT molecular complexity index is 676. The van der Waals surface area contributed by atoms with Gasteiger partial charge in [-0.2, -0.15) is 0 Å². The Morgan fingerprint density at radius 1 is 1.41 bits per heavy atom. The molecule has 0 radical (unpaired) electrons. The van der Waals surface area contributed by atoms with Crippen LogP contribution in [0.5, 0.6) is 0 Å². The standard InChI is InChI=1S/C10H13N3O2S2/c1-5-4-7-8(11)12-9(13-10(7)16-5)6(2)17(3,14)15/h4,6H,1-3H3,(H2,11,12,13). The molecule has 2 N–H and O–H groups in total. The zero-order valence-corrected chi connectivity index (χ0v) is 11.4. The Balaban J connectivity index is 2.65. The van der Waals surface area contributed by atoms with Gasteiger partial charge in [0, 0.05) is 11.1 Å². The number of nitrogens with two attached hydrogens (primary N) is 1. The number of hydrogen-bond acceptors (Lipinski definition) is 6. The highest BCUT2D eigenvalue weighted by atomic mass is 32.2. The van der Waals surface area contributed by atoms with Crippen LogP contribution in [0.1, 0.15) is 22.9 Å². The summed E-state index contributed by atoms with van der Waals surface area (Å²) in [5.41, 5.74) is 5.81. The van der Waals surface area contributed by atoms with Gasteiger partial charge in [0.25, 0.3) is 0 Å². The van der Waals surface area contributed by atoms with Crippen LogP contribution in [0.25, 0.3) is 10.2 Å². The van der Waals surface area contributed by atoms with Gasteiger partial charge in [-0.1, -0.05) is 0 Å². The van der Waals surface area contributed by atoms with E-state index < -0.39 is 15.1 Å². The van der Waals surface area contributed by atoms with Crippen molar-refractivity contribution in [3.05, 3.63) is 16.8 Å². The number of sulfone groups is 1. The van der Waals surface area contributed by atoms with E-state index in [-0.39, 0.29) is 5.82 Å². The van der Waals surface area contributed by atoms with Gasteiger partial charge in [0.05, 0.1) is 5.39 Å². The molecule has 0 saturated carbocycles. The van der Waals surface area contributed by atoms with Crippen LogP contribution in [0, 0.1) is 6.92 Å². The molecule has 0 aromatic carbocycles. The minimum atomic E-state index is -3.21. The highest BCUT2D eigenvalue weighted by Gasteiger charge is 2.22. The third-order valence-electron chi connectivity index (χ3n) is 2.57. The van der Waals surface area contributed by atoms with Crippen molar-refractivity contribution in [1.82, 2.24) is 9.97 Å². The average Bonchev–Trinajstić information content (AvgIpc) is 2.56. The van der Waals surface area contributed by atoms with E-state index >= 15 is 0 Å². The molecule has 2 aromatic rings. The van der Waals surface area contributed by atoms with Gasteiger partial charge in [0.1, 0.15) is 21.7 Å². The Morgan fingerprint density at radius 2 is 2.06 bits per heavy atom. The lowest BCUT2D eigenvalue weighted by atomic mass is 10.3. The molecule has 0 aliphatic heterocycles. The van der Waals surface area contributed by atoms with Crippen LogP contribution in [-0.2, 0) is 9.84 Å². The third-order valence-corrected chi connectivity index (χ3v) is 5.01. The summed E-state index contributed by atoms with van der Waals surface area (Å²) in [7, 11) is -3.21. The summed E-state index contributed by atoms with van der Waals surface area (Å²) in [5, 5.41) is 0.0496. The van der Waals surface area contributed by atoms with E-state index in [1.165, 1.54) is 17.6 Å². The first-order chi connectivity index (χ1) is 7.79. The molecule has 92 valence electrons. The molecule has 1 unspecified atom stereocenters. The van der Waals surface area contributed by atoms with Gasteiger partial charge in [-0.05, 0) is 19.9 Å². The Labute approximate surface area is 104 Å². The quantitative estimate of drug-likeness (QED) is 0.898. The number of hydrogen-bond donors (Lipinski definition) is 1. The monoisotopic (exact) mass is 271 g/mol. The second-order valence-corrected chi connectivity index (χ2v) is 7.62. The van der Waals surface area contributed by atoms with Crippen LogP contribution in [0.15, 0.2) is 6.07 Å². The largest absolute Gasteiger partial charge is 0.383 e. The van der Waals surface area contributed by atoms with Crippen molar-refractivity contribution < 1.29 is 8.42 Å². The SMILES string of the molecule is Cc1cc2c(N)nc(C(C)S(C)(=O)=O)nc2s1. The van der Waals surface area contributed by atoms with Gasteiger partial charge in [-0.15, -0.1) is 11.3 Å². The predicted octanol–water partition coefficient (Wildman–Crippen LogP) is 1.69. The summed E-state index contributed by atoms with van der Waals surface area (Å²) in [4.78, 5) is 10.2. The van der Waals surface area contributed by atoms with Crippen LogP contribution in [0.4, 0.5) is 5.82 Å². The Morgan fingerprint density at radius 3 is 2.65 bits per heavy atom. The van der Waals surface area contributed by atoms with Crippen molar-refractivity contribution >= 4 is 37.2 Å².